The molecule has 0 unspecified atom stereocenters. The van der Waals surface area contributed by atoms with Crippen molar-refractivity contribution in [3.63, 3.8) is 0 Å². The van der Waals surface area contributed by atoms with Crippen molar-refractivity contribution in [1.29, 1.82) is 0 Å². The van der Waals surface area contributed by atoms with Crippen molar-refractivity contribution in [2.45, 2.75) is 25.4 Å². The molecule has 0 saturated carbocycles. The van der Waals surface area contributed by atoms with E-state index < -0.39 is 0 Å². The van der Waals surface area contributed by atoms with E-state index in [0.29, 0.717) is 13.2 Å². The van der Waals surface area contributed by atoms with Gasteiger partial charge in [0.2, 0.25) is 5.91 Å². The summed E-state index contributed by atoms with van der Waals surface area (Å²) in [6.07, 6.45) is 1.60. The summed E-state index contributed by atoms with van der Waals surface area (Å²) in [5.41, 5.74) is 1.21. The van der Waals surface area contributed by atoms with Crippen molar-refractivity contribution in [1.82, 2.24) is 10.6 Å². The zero-order valence-corrected chi connectivity index (χ0v) is 12.5. The van der Waals surface area contributed by atoms with Gasteiger partial charge < -0.3 is 19.8 Å². The van der Waals surface area contributed by atoms with Gasteiger partial charge in [0.05, 0.1) is 26.0 Å². The number of para-hydroxylation sites is 1. The van der Waals surface area contributed by atoms with E-state index in [0.717, 1.165) is 11.5 Å². The van der Waals surface area contributed by atoms with Crippen LogP contribution in [0, 0.1) is 0 Å². The van der Waals surface area contributed by atoms with Crippen molar-refractivity contribution < 1.29 is 13.9 Å². The molecule has 1 aromatic carbocycles. The summed E-state index contributed by atoms with van der Waals surface area (Å²) >= 11 is 0. The van der Waals surface area contributed by atoms with Crippen LogP contribution in [-0.4, -0.2) is 25.1 Å². The first kappa shape index (κ1) is 14.7. The topological polar surface area (TPSA) is 63.5 Å². The highest BCUT2D eigenvalue weighted by Gasteiger charge is 2.28. The lowest BCUT2D eigenvalue weighted by Crippen LogP contribution is -2.40. The minimum absolute atomic E-state index is 0.0459. The second-order valence-electron chi connectivity index (χ2n) is 5.48. The lowest BCUT2D eigenvalue weighted by atomic mass is 9.94. The number of carbonyl (C=O) groups is 1. The molecule has 1 aliphatic heterocycles. The highest BCUT2D eigenvalue weighted by Crippen LogP contribution is 2.35. The monoisotopic (exact) mass is 300 g/mol. The first-order valence-electron chi connectivity index (χ1n) is 7.48. The number of rotatable bonds is 6. The molecule has 0 saturated heterocycles. The van der Waals surface area contributed by atoms with Gasteiger partial charge in [0.25, 0.3) is 0 Å². The third kappa shape index (κ3) is 3.31. The molecule has 0 fully saturated rings. The normalized spacial score (nSPS) is 17.6. The number of carbonyl (C=O) groups excluding carboxylic acids is 1. The molecular formula is C17H20N2O3. The number of furan rings is 1. The molecule has 1 amide bonds. The van der Waals surface area contributed by atoms with Gasteiger partial charge in [0.15, 0.2) is 0 Å². The molecule has 116 valence electrons. The minimum Gasteiger partial charge on any atom is -0.493 e. The second-order valence-corrected chi connectivity index (χ2v) is 5.48. The standard InChI is InChI=1S/C17H20N2O3/c1-12(15-11-22-16-7-3-2-6-14(15)16)18-10-17(20)19-9-13-5-4-8-21-13/h2-8,12,15,18H,9-11H2,1H3,(H,19,20)/t12-,15+/m0/s1. The largest absolute Gasteiger partial charge is 0.493 e. The zero-order chi connectivity index (χ0) is 15.4. The van der Waals surface area contributed by atoms with Crippen molar-refractivity contribution in [3.8, 4) is 5.75 Å². The van der Waals surface area contributed by atoms with Gasteiger partial charge in [0.1, 0.15) is 11.5 Å². The first-order chi connectivity index (χ1) is 10.7. The van der Waals surface area contributed by atoms with E-state index in [2.05, 4.69) is 23.6 Å². The van der Waals surface area contributed by atoms with E-state index in [1.807, 2.05) is 24.3 Å². The molecule has 2 heterocycles. The Bertz CT molecular complexity index is 625. The molecule has 2 aromatic rings. The van der Waals surface area contributed by atoms with Crippen LogP contribution in [0.1, 0.15) is 24.2 Å². The highest BCUT2D eigenvalue weighted by molar-refractivity contribution is 5.77. The predicted octanol–water partition coefficient (Wildman–Crippen LogP) is 2.05. The fourth-order valence-corrected chi connectivity index (χ4v) is 2.66. The zero-order valence-electron chi connectivity index (χ0n) is 12.5. The number of ether oxygens (including phenoxy) is 1. The average Bonchev–Trinajstić information content (AvgIpc) is 3.19. The van der Waals surface area contributed by atoms with Crippen LogP contribution in [0.4, 0.5) is 0 Å². The van der Waals surface area contributed by atoms with Crippen LogP contribution in [0.25, 0.3) is 0 Å². The van der Waals surface area contributed by atoms with E-state index in [1.54, 1.807) is 12.3 Å². The molecule has 0 aliphatic carbocycles. The van der Waals surface area contributed by atoms with E-state index in [-0.39, 0.29) is 24.4 Å². The highest BCUT2D eigenvalue weighted by atomic mass is 16.5. The van der Waals surface area contributed by atoms with Gasteiger partial charge in [0, 0.05) is 17.5 Å². The van der Waals surface area contributed by atoms with Crippen LogP contribution in [0.15, 0.2) is 47.1 Å². The Morgan fingerprint density at radius 2 is 2.18 bits per heavy atom. The van der Waals surface area contributed by atoms with Gasteiger partial charge in [-0.1, -0.05) is 18.2 Å². The Labute approximate surface area is 129 Å². The first-order valence-corrected chi connectivity index (χ1v) is 7.48. The van der Waals surface area contributed by atoms with Crippen LogP contribution in [0.3, 0.4) is 0 Å². The molecule has 2 atom stereocenters. The Morgan fingerprint density at radius 1 is 1.32 bits per heavy atom. The van der Waals surface area contributed by atoms with Crippen LogP contribution in [-0.2, 0) is 11.3 Å². The maximum absolute atomic E-state index is 11.9. The van der Waals surface area contributed by atoms with Crippen molar-refractivity contribution in [2.75, 3.05) is 13.2 Å². The summed E-state index contributed by atoms with van der Waals surface area (Å²) in [5, 5.41) is 6.10. The maximum Gasteiger partial charge on any atom is 0.234 e. The summed E-state index contributed by atoms with van der Waals surface area (Å²) in [7, 11) is 0. The molecule has 5 nitrogen and oxygen atoms in total. The lowest BCUT2D eigenvalue weighted by Gasteiger charge is -2.19. The molecular weight excluding hydrogens is 280 g/mol. The Hall–Kier alpha value is -2.27. The number of hydrogen-bond donors (Lipinski definition) is 2. The number of benzene rings is 1. The Morgan fingerprint density at radius 3 is 3.00 bits per heavy atom. The number of hydrogen-bond acceptors (Lipinski definition) is 4. The number of nitrogens with one attached hydrogen (secondary N) is 2. The summed E-state index contributed by atoms with van der Waals surface area (Å²) in [6.45, 7) is 3.43. The molecule has 1 aliphatic rings. The van der Waals surface area contributed by atoms with Crippen LogP contribution < -0.4 is 15.4 Å². The SMILES string of the molecule is C[C@H](NCC(=O)NCc1ccco1)[C@H]1COc2ccccc21. The van der Waals surface area contributed by atoms with E-state index >= 15 is 0 Å². The average molecular weight is 300 g/mol. The van der Waals surface area contributed by atoms with E-state index in [9.17, 15) is 4.79 Å². The molecule has 5 heteroatoms. The van der Waals surface area contributed by atoms with Crippen LogP contribution >= 0.6 is 0 Å². The summed E-state index contributed by atoms with van der Waals surface area (Å²) in [5.74, 6) is 1.92. The Balaban J connectivity index is 1.46. The summed E-state index contributed by atoms with van der Waals surface area (Å²) in [6, 6.07) is 11.9. The molecule has 3 rings (SSSR count). The maximum atomic E-state index is 11.9. The van der Waals surface area contributed by atoms with Gasteiger partial charge >= 0.3 is 0 Å². The quantitative estimate of drug-likeness (QED) is 0.857. The molecule has 22 heavy (non-hydrogen) atoms. The number of fused-ring (bicyclic) bond motifs is 1. The lowest BCUT2D eigenvalue weighted by molar-refractivity contribution is -0.120. The fraction of sp³-hybridized carbons (Fsp3) is 0.353. The van der Waals surface area contributed by atoms with Crippen molar-refractivity contribution in [2.24, 2.45) is 0 Å². The smallest absolute Gasteiger partial charge is 0.234 e. The van der Waals surface area contributed by atoms with Gasteiger partial charge in [-0.3, -0.25) is 4.79 Å². The van der Waals surface area contributed by atoms with Crippen molar-refractivity contribution >= 4 is 5.91 Å². The fourth-order valence-electron chi connectivity index (χ4n) is 2.66. The van der Waals surface area contributed by atoms with E-state index in [1.165, 1.54) is 5.56 Å². The van der Waals surface area contributed by atoms with Gasteiger partial charge in [-0.2, -0.15) is 0 Å². The van der Waals surface area contributed by atoms with Crippen LogP contribution in [0.5, 0.6) is 5.75 Å². The molecule has 0 radical (unpaired) electrons. The minimum atomic E-state index is -0.0459. The molecule has 0 bridgehead atoms. The van der Waals surface area contributed by atoms with Gasteiger partial charge in [-0.15, -0.1) is 0 Å². The Kier molecular flexibility index (Phi) is 4.44. The van der Waals surface area contributed by atoms with Crippen LogP contribution in [0.2, 0.25) is 0 Å². The van der Waals surface area contributed by atoms with Gasteiger partial charge in [-0.05, 0) is 25.1 Å². The molecule has 2 N–H and O–H groups in total. The second kappa shape index (κ2) is 6.66. The third-order valence-electron chi connectivity index (χ3n) is 3.96. The predicted molar refractivity (Wildman–Crippen MR) is 82.7 cm³/mol. The third-order valence-corrected chi connectivity index (χ3v) is 3.96. The van der Waals surface area contributed by atoms with E-state index in [4.69, 9.17) is 9.15 Å². The number of amides is 1. The van der Waals surface area contributed by atoms with Gasteiger partial charge in [-0.25, -0.2) is 0 Å². The summed E-state index contributed by atoms with van der Waals surface area (Å²) in [4.78, 5) is 11.9. The van der Waals surface area contributed by atoms with Crippen molar-refractivity contribution in [3.05, 3.63) is 54.0 Å². The summed E-state index contributed by atoms with van der Waals surface area (Å²) < 4.78 is 10.9. The molecule has 0 spiro atoms. The molecule has 1 aromatic heterocycles.